The molecule has 1 aromatic carbocycles. The molecule has 1 aliphatic heterocycles. The molecule has 0 radical (unpaired) electrons. The Morgan fingerprint density at radius 2 is 1.77 bits per heavy atom. The molecule has 0 atom stereocenters. The number of nitrogens with zero attached hydrogens (tertiary/aromatic N) is 5. The average molecular weight is 578 g/mol. The first kappa shape index (κ1) is 27.2. The molecule has 1 saturated heterocycles. The molecule has 13 heteroatoms. The van der Waals surface area contributed by atoms with Crippen molar-refractivity contribution in [2.24, 2.45) is 0 Å². The topological polar surface area (TPSA) is 102 Å². The van der Waals surface area contributed by atoms with Crippen LogP contribution in [0.4, 0.5) is 24.7 Å². The molecule has 0 spiro atoms. The summed E-state index contributed by atoms with van der Waals surface area (Å²) in [7, 11) is 0. The van der Waals surface area contributed by atoms with Crippen molar-refractivity contribution in [1.82, 2.24) is 24.8 Å². The van der Waals surface area contributed by atoms with Gasteiger partial charge in [-0.1, -0.05) is 37.0 Å². The normalized spacial score (nSPS) is 14.0. The van der Waals surface area contributed by atoms with Crippen molar-refractivity contribution in [2.45, 2.75) is 26.7 Å². The Kier molecular flexibility index (Phi) is 7.17. The molecule has 0 unspecified atom stereocenters. The van der Waals surface area contributed by atoms with E-state index in [1.807, 2.05) is 18.7 Å². The van der Waals surface area contributed by atoms with E-state index in [9.17, 15) is 13.6 Å². The second-order valence-electron chi connectivity index (χ2n) is 9.54. The van der Waals surface area contributed by atoms with Gasteiger partial charge in [-0.25, -0.2) is 27.5 Å². The van der Waals surface area contributed by atoms with Gasteiger partial charge in [-0.3, -0.25) is 4.98 Å². The van der Waals surface area contributed by atoms with E-state index in [1.165, 1.54) is 4.57 Å². The van der Waals surface area contributed by atoms with E-state index >= 15 is 4.39 Å². The van der Waals surface area contributed by atoms with Crippen LogP contribution < -0.4 is 21.6 Å². The highest BCUT2D eigenvalue weighted by Gasteiger charge is 2.28. The van der Waals surface area contributed by atoms with Crippen LogP contribution in [-0.4, -0.2) is 45.7 Å². The zero-order valence-corrected chi connectivity index (χ0v) is 22.8. The first-order valence-corrected chi connectivity index (χ1v) is 12.9. The first-order chi connectivity index (χ1) is 18.5. The lowest BCUT2D eigenvalue weighted by molar-refractivity contribution is 0.512. The second-order valence-corrected chi connectivity index (χ2v) is 10.3. The third kappa shape index (κ3) is 4.48. The van der Waals surface area contributed by atoms with E-state index < -0.39 is 50.1 Å². The molecule has 4 heterocycles. The molecule has 8 nitrogen and oxygen atoms in total. The number of rotatable bonds is 4. The molecule has 1 fully saturated rings. The molecule has 3 N–H and O–H groups in total. The SMILES string of the molecule is Cc1ccnc(C(C)C)c1-n1c(=O)nc(N2CCNCC2)c2cc(F)c(-c3c(Cl)c(N)c(F)c(F)c3Cl)nc21. The van der Waals surface area contributed by atoms with Crippen LogP contribution in [-0.2, 0) is 0 Å². The largest absolute Gasteiger partial charge is 0.395 e. The third-order valence-corrected chi connectivity index (χ3v) is 7.42. The highest BCUT2D eigenvalue weighted by Crippen LogP contribution is 2.43. The predicted molar refractivity (Wildman–Crippen MR) is 147 cm³/mol. The fourth-order valence-corrected chi connectivity index (χ4v) is 5.33. The van der Waals surface area contributed by atoms with E-state index in [0.717, 1.165) is 6.07 Å². The molecule has 1 aliphatic rings. The Balaban J connectivity index is 1.94. The Morgan fingerprint density at radius 1 is 1.08 bits per heavy atom. The summed E-state index contributed by atoms with van der Waals surface area (Å²) in [5, 5.41) is 2.16. The number of benzene rings is 1. The van der Waals surface area contributed by atoms with Crippen LogP contribution in [0.25, 0.3) is 28.0 Å². The predicted octanol–water partition coefficient (Wildman–Crippen LogP) is 4.99. The zero-order valence-electron chi connectivity index (χ0n) is 21.2. The summed E-state index contributed by atoms with van der Waals surface area (Å²) in [6.07, 6.45) is 1.63. The van der Waals surface area contributed by atoms with Gasteiger partial charge in [0.15, 0.2) is 17.3 Å². The maximum Gasteiger partial charge on any atom is 0.355 e. The van der Waals surface area contributed by atoms with Crippen molar-refractivity contribution in [3.05, 3.63) is 67.6 Å². The van der Waals surface area contributed by atoms with Crippen LogP contribution >= 0.6 is 23.2 Å². The maximum absolute atomic E-state index is 15.8. The number of pyridine rings is 2. The lowest BCUT2D eigenvalue weighted by Crippen LogP contribution is -2.45. The van der Waals surface area contributed by atoms with Gasteiger partial charge in [0.05, 0.1) is 32.5 Å². The standard InChI is InChI=1S/C26H24Cl2F3N7O/c1-11(2)21-23(12(3)4-5-34-21)38-25-13(24(36-26(38)39)37-8-6-33-7-9-37)10-14(29)22(35-25)15-16(27)18(30)19(31)20(32)17(15)28/h4-5,10-11,33H,6-9,32H2,1-3H3. The van der Waals surface area contributed by atoms with Gasteiger partial charge in [0.1, 0.15) is 17.3 Å². The van der Waals surface area contributed by atoms with Gasteiger partial charge >= 0.3 is 5.69 Å². The number of hydrogen-bond acceptors (Lipinski definition) is 7. The number of nitrogens with one attached hydrogen (secondary N) is 1. The van der Waals surface area contributed by atoms with Crippen LogP contribution in [0.2, 0.25) is 10.0 Å². The summed E-state index contributed by atoms with van der Waals surface area (Å²) in [4.78, 5) is 28.9. The highest BCUT2D eigenvalue weighted by atomic mass is 35.5. The molecule has 0 bridgehead atoms. The smallest absolute Gasteiger partial charge is 0.355 e. The first-order valence-electron chi connectivity index (χ1n) is 12.2. The van der Waals surface area contributed by atoms with Crippen molar-refractivity contribution >= 4 is 45.7 Å². The fourth-order valence-electron chi connectivity index (χ4n) is 4.74. The number of halogens is 5. The Bertz CT molecular complexity index is 1660. The van der Waals surface area contributed by atoms with Gasteiger partial charge in [0.2, 0.25) is 0 Å². The van der Waals surface area contributed by atoms with Gasteiger partial charge < -0.3 is 16.0 Å². The van der Waals surface area contributed by atoms with Gasteiger partial charge in [-0.05, 0) is 30.5 Å². The summed E-state index contributed by atoms with van der Waals surface area (Å²) >= 11 is 12.3. The molecular formula is C26H24Cl2F3N7O. The van der Waals surface area contributed by atoms with E-state index in [4.69, 9.17) is 28.9 Å². The number of anilines is 2. The Morgan fingerprint density at radius 3 is 2.44 bits per heavy atom. The van der Waals surface area contributed by atoms with Gasteiger partial charge in [0, 0.05) is 37.9 Å². The number of nitrogen functional groups attached to an aromatic ring is 1. The molecule has 3 aromatic heterocycles. The van der Waals surface area contributed by atoms with Gasteiger partial charge in [-0.2, -0.15) is 4.98 Å². The van der Waals surface area contributed by atoms with E-state index in [2.05, 4.69) is 20.3 Å². The molecule has 0 saturated carbocycles. The summed E-state index contributed by atoms with van der Waals surface area (Å²) in [5.41, 5.74) is 5.07. The van der Waals surface area contributed by atoms with Gasteiger partial charge in [0.25, 0.3) is 0 Å². The minimum absolute atomic E-state index is 0.0216. The van der Waals surface area contributed by atoms with Crippen LogP contribution in [0.3, 0.4) is 0 Å². The molecule has 0 aliphatic carbocycles. The molecule has 5 rings (SSSR count). The average Bonchev–Trinajstić information content (AvgIpc) is 2.92. The monoisotopic (exact) mass is 577 g/mol. The van der Waals surface area contributed by atoms with Crippen molar-refractivity contribution in [1.29, 1.82) is 0 Å². The minimum atomic E-state index is -1.49. The van der Waals surface area contributed by atoms with Crippen molar-refractivity contribution in [3.8, 4) is 16.9 Å². The Hall–Kier alpha value is -3.41. The van der Waals surface area contributed by atoms with E-state index in [1.54, 1.807) is 19.2 Å². The summed E-state index contributed by atoms with van der Waals surface area (Å²) in [6, 6.07) is 2.88. The molecule has 204 valence electrons. The van der Waals surface area contributed by atoms with Crippen LogP contribution in [0, 0.1) is 24.4 Å². The second kappa shape index (κ2) is 10.3. The fraction of sp³-hybridized carbons (Fsp3) is 0.308. The number of aryl methyl sites for hydroxylation is 1. The third-order valence-electron chi connectivity index (χ3n) is 6.68. The number of hydrogen-bond donors (Lipinski definition) is 2. The quantitative estimate of drug-likeness (QED) is 0.200. The highest BCUT2D eigenvalue weighted by molar-refractivity contribution is 6.41. The summed E-state index contributed by atoms with van der Waals surface area (Å²) < 4.78 is 45.9. The van der Waals surface area contributed by atoms with E-state index in [-0.39, 0.29) is 22.8 Å². The molecule has 4 aromatic rings. The van der Waals surface area contributed by atoms with Crippen LogP contribution in [0.1, 0.15) is 31.0 Å². The number of fused-ring (bicyclic) bond motifs is 1. The minimum Gasteiger partial charge on any atom is -0.395 e. The van der Waals surface area contributed by atoms with Crippen molar-refractivity contribution in [2.75, 3.05) is 36.8 Å². The summed E-state index contributed by atoms with van der Waals surface area (Å²) in [5.74, 6) is -3.73. The van der Waals surface area contributed by atoms with Crippen LogP contribution in [0.15, 0.2) is 23.1 Å². The van der Waals surface area contributed by atoms with Gasteiger partial charge in [-0.15, -0.1) is 0 Å². The number of piperazine rings is 1. The number of aromatic nitrogens is 4. The van der Waals surface area contributed by atoms with Crippen molar-refractivity contribution in [3.63, 3.8) is 0 Å². The lowest BCUT2D eigenvalue weighted by Gasteiger charge is -2.29. The molecule has 0 amide bonds. The molecular weight excluding hydrogens is 554 g/mol. The van der Waals surface area contributed by atoms with E-state index in [0.29, 0.717) is 43.1 Å². The van der Waals surface area contributed by atoms with Crippen LogP contribution in [0.5, 0.6) is 0 Å². The maximum atomic E-state index is 15.8. The Labute approximate surface area is 231 Å². The number of nitrogens with two attached hydrogens (primary N) is 1. The zero-order chi connectivity index (χ0) is 28.2. The molecule has 39 heavy (non-hydrogen) atoms. The summed E-state index contributed by atoms with van der Waals surface area (Å²) in [6.45, 7) is 7.97. The van der Waals surface area contributed by atoms with Crippen molar-refractivity contribution < 1.29 is 13.2 Å². The lowest BCUT2D eigenvalue weighted by atomic mass is 10.0.